The van der Waals surface area contributed by atoms with Crippen LogP contribution in [0, 0.1) is 12.8 Å². The number of hydrogen-bond acceptors (Lipinski definition) is 4. The van der Waals surface area contributed by atoms with Crippen molar-refractivity contribution in [2.75, 3.05) is 13.2 Å². The van der Waals surface area contributed by atoms with Gasteiger partial charge in [-0.05, 0) is 41.8 Å². The van der Waals surface area contributed by atoms with Crippen molar-refractivity contribution in [3.8, 4) is 0 Å². The maximum atomic E-state index is 12.5. The molecule has 1 N–H and O–H groups in total. The van der Waals surface area contributed by atoms with Gasteiger partial charge in [-0.25, -0.2) is 0 Å². The number of hydrogen-bond donors (Lipinski definition) is 1. The van der Waals surface area contributed by atoms with E-state index in [1.807, 2.05) is 30.3 Å². The lowest BCUT2D eigenvalue weighted by Crippen LogP contribution is -2.35. The standard InChI is InChI=1S/C19H20BrClN2O3/c1-3-26-19(25)14(9-13-7-5-4-6-8-13)10-23-18(24)15-11-22-12(2)16(20)17(15)21/h4-8,11,14H,3,9-10H2,1-2H3,(H,23,24)/t14-/m0/s1. The summed E-state index contributed by atoms with van der Waals surface area (Å²) < 4.78 is 5.72. The number of amides is 1. The van der Waals surface area contributed by atoms with E-state index in [1.54, 1.807) is 13.8 Å². The number of rotatable bonds is 7. The zero-order chi connectivity index (χ0) is 19.1. The van der Waals surface area contributed by atoms with Crippen LogP contribution in [0.5, 0.6) is 0 Å². The maximum Gasteiger partial charge on any atom is 0.311 e. The summed E-state index contributed by atoms with van der Waals surface area (Å²) in [6.07, 6.45) is 1.90. The van der Waals surface area contributed by atoms with Crippen molar-refractivity contribution < 1.29 is 14.3 Å². The van der Waals surface area contributed by atoms with E-state index >= 15 is 0 Å². The molecule has 1 heterocycles. The molecule has 138 valence electrons. The molecule has 2 aromatic rings. The highest BCUT2D eigenvalue weighted by Crippen LogP contribution is 2.27. The van der Waals surface area contributed by atoms with Gasteiger partial charge in [-0.1, -0.05) is 41.9 Å². The summed E-state index contributed by atoms with van der Waals surface area (Å²) in [4.78, 5) is 28.8. The number of esters is 1. The summed E-state index contributed by atoms with van der Waals surface area (Å²) in [5, 5.41) is 3.06. The van der Waals surface area contributed by atoms with Gasteiger partial charge in [0.25, 0.3) is 5.91 Å². The van der Waals surface area contributed by atoms with E-state index in [-0.39, 0.29) is 24.0 Å². The molecule has 0 fully saturated rings. The first-order valence-electron chi connectivity index (χ1n) is 8.23. The van der Waals surface area contributed by atoms with Gasteiger partial charge in [0, 0.05) is 12.7 Å². The Morgan fingerprint density at radius 1 is 1.31 bits per heavy atom. The molecule has 0 aliphatic heterocycles. The largest absolute Gasteiger partial charge is 0.466 e. The number of aryl methyl sites for hydroxylation is 1. The Morgan fingerprint density at radius 3 is 2.65 bits per heavy atom. The normalized spacial score (nSPS) is 11.7. The smallest absolute Gasteiger partial charge is 0.311 e. The van der Waals surface area contributed by atoms with Crippen LogP contribution in [0.4, 0.5) is 0 Å². The number of carbonyl (C=O) groups is 2. The Morgan fingerprint density at radius 2 is 2.00 bits per heavy atom. The van der Waals surface area contributed by atoms with Crippen molar-refractivity contribution in [1.29, 1.82) is 0 Å². The highest BCUT2D eigenvalue weighted by molar-refractivity contribution is 9.10. The van der Waals surface area contributed by atoms with Gasteiger partial charge in [0.15, 0.2) is 0 Å². The SMILES string of the molecule is CCOC(=O)[C@H](CNC(=O)c1cnc(C)c(Br)c1Cl)Cc1ccccc1. The highest BCUT2D eigenvalue weighted by Gasteiger charge is 2.22. The average Bonchev–Trinajstić information content (AvgIpc) is 2.64. The number of nitrogens with one attached hydrogen (secondary N) is 1. The lowest BCUT2D eigenvalue weighted by atomic mass is 9.99. The molecular weight excluding hydrogens is 420 g/mol. The molecule has 0 unspecified atom stereocenters. The lowest BCUT2D eigenvalue weighted by molar-refractivity contribution is -0.147. The van der Waals surface area contributed by atoms with Gasteiger partial charge in [-0.15, -0.1) is 0 Å². The van der Waals surface area contributed by atoms with Gasteiger partial charge in [-0.3, -0.25) is 14.6 Å². The van der Waals surface area contributed by atoms with Crippen LogP contribution in [0.1, 0.15) is 28.5 Å². The van der Waals surface area contributed by atoms with Gasteiger partial charge in [0.1, 0.15) is 0 Å². The molecule has 7 heteroatoms. The molecule has 0 saturated heterocycles. The Balaban J connectivity index is 2.09. The average molecular weight is 440 g/mol. The van der Waals surface area contributed by atoms with Gasteiger partial charge < -0.3 is 10.1 Å². The third-order valence-corrected chi connectivity index (χ3v) is 5.42. The van der Waals surface area contributed by atoms with Crippen molar-refractivity contribution in [2.24, 2.45) is 5.92 Å². The van der Waals surface area contributed by atoms with E-state index in [4.69, 9.17) is 16.3 Å². The van der Waals surface area contributed by atoms with E-state index < -0.39 is 5.92 Å². The second kappa shape index (κ2) is 9.69. The van der Waals surface area contributed by atoms with Crippen LogP contribution in [-0.2, 0) is 16.0 Å². The summed E-state index contributed by atoms with van der Waals surface area (Å²) in [7, 11) is 0. The van der Waals surface area contributed by atoms with Crippen LogP contribution in [0.2, 0.25) is 5.02 Å². The first-order chi connectivity index (χ1) is 12.4. The monoisotopic (exact) mass is 438 g/mol. The van der Waals surface area contributed by atoms with Crippen LogP contribution >= 0.6 is 27.5 Å². The van der Waals surface area contributed by atoms with Crippen molar-refractivity contribution >= 4 is 39.4 Å². The number of carbonyl (C=O) groups excluding carboxylic acids is 2. The molecule has 0 aliphatic rings. The van der Waals surface area contributed by atoms with Crippen LogP contribution < -0.4 is 5.32 Å². The summed E-state index contributed by atoms with van der Waals surface area (Å²) in [5.41, 5.74) is 1.95. The van der Waals surface area contributed by atoms with Gasteiger partial charge in [0.2, 0.25) is 0 Å². The van der Waals surface area contributed by atoms with Crippen molar-refractivity contribution in [3.05, 3.63) is 62.8 Å². The molecule has 1 amide bonds. The molecular formula is C19H20BrClN2O3. The quantitative estimate of drug-likeness (QED) is 0.663. The molecule has 0 aliphatic carbocycles. The summed E-state index contributed by atoms with van der Waals surface area (Å²) in [5.74, 6) is -1.21. The number of benzene rings is 1. The fourth-order valence-corrected chi connectivity index (χ4v) is 3.01. The van der Waals surface area contributed by atoms with Crippen molar-refractivity contribution in [1.82, 2.24) is 10.3 Å². The minimum absolute atomic E-state index is 0.147. The number of ether oxygens (including phenoxy) is 1. The highest BCUT2D eigenvalue weighted by atomic mass is 79.9. The third-order valence-electron chi connectivity index (χ3n) is 3.83. The van der Waals surface area contributed by atoms with E-state index in [0.717, 1.165) is 5.56 Å². The van der Waals surface area contributed by atoms with E-state index in [2.05, 4.69) is 26.2 Å². The van der Waals surface area contributed by atoms with Crippen molar-refractivity contribution in [2.45, 2.75) is 20.3 Å². The Kier molecular flexibility index (Phi) is 7.60. The summed E-state index contributed by atoms with van der Waals surface area (Å²) in [6.45, 7) is 3.98. The molecule has 5 nitrogen and oxygen atoms in total. The molecule has 1 atom stereocenters. The van der Waals surface area contributed by atoms with Crippen molar-refractivity contribution in [3.63, 3.8) is 0 Å². The van der Waals surface area contributed by atoms with Crippen LogP contribution in [0.25, 0.3) is 0 Å². The minimum atomic E-state index is -0.484. The van der Waals surface area contributed by atoms with Gasteiger partial charge in [-0.2, -0.15) is 0 Å². The molecule has 0 bridgehead atoms. The second-order valence-electron chi connectivity index (χ2n) is 5.73. The second-order valence-corrected chi connectivity index (χ2v) is 6.90. The van der Waals surface area contributed by atoms with E-state index in [1.165, 1.54) is 6.20 Å². The third kappa shape index (κ3) is 5.29. The Hall–Kier alpha value is -1.92. The van der Waals surface area contributed by atoms with Crippen LogP contribution in [0.15, 0.2) is 41.0 Å². The fraction of sp³-hybridized carbons (Fsp3) is 0.316. The minimum Gasteiger partial charge on any atom is -0.466 e. The fourth-order valence-electron chi connectivity index (χ4n) is 2.42. The van der Waals surface area contributed by atoms with E-state index in [9.17, 15) is 9.59 Å². The Bertz CT molecular complexity index is 784. The molecule has 26 heavy (non-hydrogen) atoms. The van der Waals surface area contributed by atoms with E-state index in [0.29, 0.717) is 28.2 Å². The molecule has 1 aromatic heterocycles. The van der Waals surface area contributed by atoms with Gasteiger partial charge >= 0.3 is 5.97 Å². The lowest BCUT2D eigenvalue weighted by Gasteiger charge is -2.17. The molecule has 0 spiro atoms. The molecule has 0 saturated carbocycles. The number of aromatic nitrogens is 1. The maximum absolute atomic E-state index is 12.5. The molecule has 0 radical (unpaired) electrons. The zero-order valence-corrected chi connectivity index (χ0v) is 16.9. The predicted molar refractivity (Wildman–Crippen MR) is 104 cm³/mol. The summed E-state index contributed by atoms with van der Waals surface area (Å²) in [6, 6.07) is 9.60. The number of halogens is 2. The topological polar surface area (TPSA) is 68.3 Å². The Labute approximate surface area is 166 Å². The summed E-state index contributed by atoms with van der Waals surface area (Å²) >= 11 is 9.53. The predicted octanol–water partition coefficient (Wildman–Crippen LogP) is 3.96. The molecule has 1 aromatic carbocycles. The number of nitrogens with zero attached hydrogens (tertiary/aromatic N) is 1. The van der Waals surface area contributed by atoms with Gasteiger partial charge in [0.05, 0.1) is 33.3 Å². The zero-order valence-electron chi connectivity index (χ0n) is 14.6. The van der Waals surface area contributed by atoms with Crippen LogP contribution in [-0.4, -0.2) is 30.0 Å². The molecule has 2 rings (SSSR count). The van der Waals surface area contributed by atoms with Crippen LogP contribution in [0.3, 0.4) is 0 Å². The first-order valence-corrected chi connectivity index (χ1v) is 9.40. The number of pyridine rings is 1. The first kappa shape index (κ1) is 20.4.